The molecule has 0 spiro atoms. The van der Waals surface area contributed by atoms with Crippen LogP contribution in [0.3, 0.4) is 0 Å². The van der Waals surface area contributed by atoms with Gasteiger partial charge in [-0.3, -0.25) is 0 Å². The molecule has 0 saturated carbocycles. The molecule has 0 fully saturated rings. The molecule has 0 aliphatic heterocycles. The van der Waals surface area contributed by atoms with Gasteiger partial charge in [-0.05, 0) is 31.5 Å². The van der Waals surface area contributed by atoms with Gasteiger partial charge in [-0.15, -0.1) is 13.2 Å². The molecular weight excluding hydrogens is 231 g/mol. The van der Waals surface area contributed by atoms with Crippen molar-refractivity contribution in [3.63, 3.8) is 0 Å². The molecule has 0 saturated heterocycles. The van der Waals surface area contributed by atoms with Crippen LogP contribution < -0.4 is 10.1 Å². The zero-order valence-corrected chi connectivity index (χ0v) is 9.64. The maximum Gasteiger partial charge on any atom is 0.573 e. The van der Waals surface area contributed by atoms with Gasteiger partial charge in [0, 0.05) is 11.7 Å². The Bertz CT molecular complexity index is 384. The largest absolute Gasteiger partial charge is 0.573 e. The van der Waals surface area contributed by atoms with E-state index in [9.17, 15) is 13.2 Å². The van der Waals surface area contributed by atoms with Crippen molar-refractivity contribution in [3.8, 4) is 5.75 Å². The molecule has 94 valence electrons. The second kappa shape index (κ2) is 5.12. The summed E-state index contributed by atoms with van der Waals surface area (Å²) in [5, 5.41) is 3.07. The minimum absolute atomic E-state index is 0.00700. The van der Waals surface area contributed by atoms with Crippen molar-refractivity contribution in [2.75, 3.05) is 0 Å². The molecular formula is C12H14F3NO. The number of alkyl halides is 3. The summed E-state index contributed by atoms with van der Waals surface area (Å²) >= 11 is 0. The highest BCUT2D eigenvalue weighted by molar-refractivity contribution is 5.29. The quantitative estimate of drug-likeness (QED) is 0.871. The first-order valence-corrected chi connectivity index (χ1v) is 5.05. The van der Waals surface area contributed by atoms with E-state index < -0.39 is 6.36 Å². The Balaban J connectivity index is 2.71. The number of hydrogen-bond donors (Lipinski definition) is 1. The molecule has 17 heavy (non-hydrogen) atoms. The second-order valence-corrected chi connectivity index (χ2v) is 3.76. The molecule has 0 bridgehead atoms. The predicted molar refractivity (Wildman–Crippen MR) is 59.5 cm³/mol. The maximum atomic E-state index is 11.9. The average Bonchev–Trinajstić information content (AvgIpc) is 2.15. The standard InChI is InChI=1S/C12H14F3NO/c1-8(2)16-9(3)10-4-6-11(7-5-10)17-12(13,14)15/h4-7,9,16H,1H2,2-3H3. The van der Waals surface area contributed by atoms with Gasteiger partial charge in [-0.25, -0.2) is 0 Å². The molecule has 0 heterocycles. The number of rotatable bonds is 4. The van der Waals surface area contributed by atoms with Crippen LogP contribution in [0.15, 0.2) is 36.5 Å². The molecule has 5 heteroatoms. The Morgan fingerprint density at radius 3 is 2.24 bits per heavy atom. The summed E-state index contributed by atoms with van der Waals surface area (Å²) in [5.41, 5.74) is 1.66. The van der Waals surface area contributed by atoms with Crippen LogP contribution in [0.2, 0.25) is 0 Å². The molecule has 2 nitrogen and oxygen atoms in total. The SMILES string of the molecule is C=C(C)NC(C)c1ccc(OC(F)(F)F)cc1. The fourth-order valence-electron chi connectivity index (χ4n) is 1.41. The Morgan fingerprint density at radius 1 is 1.29 bits per heavy atom. The lowest BCUT2D eigenvalue weighted by Crippen LogP contribution is -2.18. The molecule has 0 amide bonds. The predicted octanol–water partition coefficient (Wildman–Crippen LogP) is 3.77. The molecule has 1 aromatic carbocycles. The van der Waals surface area contributed by atoms with Crippen molar-refractivity contribution >= 4 is 0 Å². The van der Waals surface area contributed by atoms with Crippen LogP contribution in [0, 0.1) is 0 Å². The molecule has 1 unspecified atom stereocenters. The van der Waals surface area contributed by atoms with E-state index in [0.29, 0.717) is 0 Å². The lowest BCUT2D eigenvalue weighted by atomic mass is 10.1. The normalized spacial score (nSPS) is 13.0. The third-order valence-electron chi connectivity index (χ3n) is 2.08. The summed E-state index contributed by atoms with van der Waals surface area (Å²) in [7, 11) is 0. The zero-order chi connectivity index (χ0) is 13.1. The van der Waals surface area contributed by atoms with Gasteiger partial charge in [-0.1, -0.05) is 18.7 Å². The van der Waals surface area contributed by atoms with Gasteiger partial charge < -0.3 is 10.1 Å². The van der Waals surface area contributed by atoms with E-state index in [4.69, 9.17) is 0 Å². The Labute approximate surface area is 98.1 Å². The van der Waals surface area contributed by atoms with Gasteiger partial charge in [0.15, 0.2) is 0 Å². The van der Waals surface area contributed by atoms with Crippen LogP contribution in [0.1, 0.15) is 25.5 Å². The van der Waals surface area contributed by atoms with E-state index in [2.05, 4.69) is 16.6 Å². The maximum absolute atomic E-state index is 11.9. The molecule has 0 aliphatic rings. The van der Waals surface area contributed by atoms with Gasteiger partial charge >= 0.3 is 6.36 Å². The molecule has 1 atom stereocenters. The summed E-state index contributed by atoms with van der Waals surface area (Å²) < 4.78 is 39.6. The highest BCUT2D eigenvalue weighted by Crippen LogP contribution is 2.24. The van der Waals surface area contributed by atoms with Crippen LogP contribution in [-0.4, -0.2) is 6.36 Å². The van der Waals surface area contributed by atoms with Gasteiger partial charge in [0.05, 0.1) is 0 Å². The van der Waals surface area contributed by atoms with E-state index >= 15 is 0 Å². The third-order valence-corrected chi connectivity index (χ3v) is 2.08. The van der Waals surface area contributed by atoms with Crippen molar-refractivity contribution in [2.45, 2.75) is 26.3 Å². The van der Waals surface area contributed by atoms with Crippen LogP contribution in [-0.2, 0) is 0 Å². The van der Waals surface area contributed by atoms with Gasteiger partial charge in [0.25, 0.3) is 0 Å². The van der Waals surface area contributed by atoms with Crippen LogP contribution >= 0.6 is 0 Å². The first-order chi connectivity index (χ1) is 7.78. The fraction of sp³-hybridized carbons (Fsp3) is 0.333. The van der Waals surface area contributed by atoms with Crippen molar-refractivity contribution in [1.29, 1.82) is 0 Å². The number of allylic oxidation sites excluding steroid dienone is 1. The highest BCUT2D eigenvalue weighted by atomic mass is 19.4. The third kappa shape index (κ3) is 4.80. The first kappa shape index (κ1) is 13.4. The highest BCUT2D eigenvalue weighted by Gasteiger charge is 2.30. The molecule has 0 radical (unpaired) electrons. The molecule has 0 aromatic heterocycles. The van der Waals surface area contributed by atoms with Crippen LogP contribution in [0.25, 0.3) is 0 Å². The topological polar surface area (TPSA) is 21.3 Å². The van der Waals surface area contributed by atoms with E-state index in [0.717, 1.165) is 11.3 Å². The number of ether oxygens (including phenoxy) is 1. The van der Waals surface area contributed by atoms with E-state index in [1.54, 1.807) is 12.1 Å². The first-order valence-electron chi connectivity index (χ1n) is 5.05. The van der Waals surface area contributed by atoms with E-state index in [1.807, 2.05) is 13.8 Å². The lowest BCUT2D eigenvalue weighted by Gasteiger charge is -2.16. The number of nitrogens with one attached hydrogen (secondary N) is 1. The summed E-state index contributed by atoms with van der Waals surface area (Å²) in [6.07, 6.45) is -4.65. The van der Waals surface area contributed by atoms with Crippen LogP contribution in [0.4, 0.5) is 13.2 Å². The Hall–Kier alpha value is -1.65. The fourth-order valence-corrected chi connectivity index (χ4v) is 1.41. The van der Waals surface area contributed by atoms with Crippen molar-refractivity contribution in [1.82, 2.24) is 5.32 Å². The smallest absolute Gasteiger partial charge is 0.406 e. The van der Waals surface area contributed by atoms with Crippen LogP contribution in [0.5, 0.6) is 5.75 Å². The van der Waals surface area contributed by atoms with Crippen molar-refractivity contribution in [3.05, 3.63) is 42.1 Å². The summed E-state index contributed by atoms with van der Waals surface area (Å²) in [6, 6.07) is 5.75. The summed E-state index contributed by atoms with van der Waals surface area (Å²) in [6.45, 7) is 7.42. The Morgan fingerprint density at radius 2 is 1.82 bits per heavy atom. The monoisotopic (exact) mass is 245 g/mol. The van der Waals surface area contributed by atoms with Crippen molar-refractivity contribution in [2.24, 2.45) is 0 Å². The number of hydrogen-bond acceptors (Lipinski definition) is 2. The summed E-state index contributed by atoms with van der Waals surface area (Å²) in [5.74, 6) is -0.219. The molecule has 0 aliphatic carbocycles. The lowest BCUT2D eigenvalue weighted by molar-refractivity contribution is -0.274. The summed E-state index contributed by atoms with van der Waals surface area (Å²) in [4.78, 5) is 0. The van der Waals surface area contributed by atoms with E-state index in [1.165, 1.54) is 12.1 Å². The van der Waals surface area contributed by atoms with E-state index in [-0.39, 0.29) is 11.8 Å². The minimum Gasteiger partial charge on any atom is -0.406 e. The molecule has 1 N–H and O–H groups in total. The molecule has 1 aromatic rings. The van der Waals surface area contributed by atoms with Gasteiger partial charge in [0.2, 0.25) is 0 Å². The second-order valence-electron chi connectivity index (χ2n) is 3.76. The Kier molecular flexibility index (Phi) is 4.04. The average molecular weight is 245 g/mol. The minimum atomic E-state index is -4.65. The van der Waals surface area contributed by atoms with Crippen molar-refractivity contribution < 1.29 is 17.9 Å². The number of benzene rings is 1. The molecule has 1 rings (SSSR count). The zero-order valence-electron chi connectivity index (χ0n) is 9.64. The van der Waals surface area contributed by atoms with Gasteiger partial charge in [-0.2, -0.15) is 0 Å². The van der Waals surface area contributed by atoms with Gasteiger partial charge in [0.1, 0.15) is 5.75 Å². The number of halogens is 3.